The smallest absolute Gasteiger partial charge is 0.270 e. The number of carbonyl (C=O) groups is 2. The standard InChI is InChI=1S/C22H14N2O5S2/c1-13(25)14-2-6-16(7-3-14)23-21(26)20(31-22(23)30)12-18-10-11-19(29-18)15-4-8-17(9-5-15)24(27)28/h2-12H,1H3/b20-12+. The first-order valence-corrected chi connectivity index (χ1v) is 10.3. The van der Waals surface area contributed by atoms with E-state index in [2.05, 4.69) is 0 Å². The predicted octanol–water partition coefficient (Wildman–Crippen LogP) is 5.46. The molecule has 0 spiro atoms. The SMILES string of the molecule is CC(=O)c1ccc(N2C(=O)/C(=C\c3ccc(-c4ccc([N+](=O)[O-])cc4)o3)SC2=S)cc1. The number of benzene rings is 2. The zero-order valence-corrected chi connectivity index (χ0v) is 17.7. The van der Waals surface area contributed by atoms with Crippen molar-refractivity contribution in [2.75, 3.05) is 4.90 Å². The zero-order chi connectivity index (χ0) is 22.1. The fraction of sp³-hybridized carbons (Fsp3) is 0.0455. The van der Waals surface area contributed by atoms with E-state index in [1.165, 1.54) is 24.0 Å². The van der Waals surface area contributed by atoms with E-state index in [-0.39, 0.29) is 17.4 Å². The Morgan fingerprint density at radius 3 is 2.39 bits per heavy atom. The van der Waals surface area contributed by atoms with Crippen LogP contribution in [0, 0.1) is 10.1 Å². The van der Waals surface area contributed by atoms with E-state index in [1.54, 1.807) is 54.6 Å². The first-order valence-electron chi connectivity index (χ1n) is 9.07. The summed E-state index contributed by atoms with van der Waals surface area (Å²) in [4.78, 5) is 36.5. The molecule has 3 aromatic rings. The summed E-state index contributed by atoms with van der Waals surface area (Å²) in [6, 6.07) is 16.1. The maximum Gasteiger partial charge on any atom is 0.270 e. The molecule has 9 heteroatoms. The van der Waals surface area contributed by atoms with Crippen molar-refractivity contribution >= 4 is 57.4 Å². The summed E-state index contributed by atoms with van der Waals surface area (Å²) in [5.41, 5.74) is 1.82. The highest BCUT2D eigenvalue weighted by molar-refractivity contribution is 8.27. The van der Waals surface area contributed by atoms with Crippen LogP contribution in [-0.4, -0.2) is 20.9 Å². The highest BCUT2D eigenvalue weighted by atomic mass is 32.2. The van der Waals surface area contributed by atoms with Crippen LogP contribution in [0.3, 0.4) is 0 Å². The van der Waals surface area contributed by atoms with Crippen LogP contribution in [-0.2, 0) is 4.79 Å². The number of anilines is 1. The molecule has 0 atom stereocenters. The maximum absolute atomic E-state index is 12.9. The average molecular weight is 450 g/mol. The lowest BCUT2D eigenvalue weighted by Gasteiger charge is -2.14. The third kappa shape index (κ3) is 4.18. The van der Waals surface area contributed by atoms with Gasteiger partial charge in [-0.3, -0.25) is 24.6 Å². The third-order valence-corrected chi connectivity index (χ3v) is 5.89. The van der Waals surface area contributed by atoms with Crippen LogP contribution < -0.4 is 4.90 Å². The molecule has 31 heavy (non-hydrogen) atoms. The van der Waals surface area contributed by atoms with Crippen LogP contribution in [0.4, 0.5) is 11.4 Å². The average Bonchev–Trinajstić information content (AvgIpc) is 3.32. The zero-order valence-electron chi connectivity index (χ0n) is 16.1. The lowest BCUT2D eigenvalue weighted by molar-refractivity contribution is -0.384. The van der Waals surface area contributed by atoms with Crippen molar-refractivity contribution < 1.29 is 18.9 Å². The van der Waals surface area contributed by atoms with Crippen LogP contribution in [0.1, 0.15) is 23.0 Å². The highest BCUT2D eigenvalue weighted by Crippen LogP contribution is 2.36. The summed E-state index contributed by atoms with van der Waals surface area (Å²) < 4.78 is 6.17. The van der Waals surface area contributed by atoms with Crippen molar-refractivity contribution in [3.8, 4) is 11.3 Å². The number of hydrogen-bond donors (Lipinski definition) is 0. The number of nitro groups is 1. The number of ketones is 1. The van der Waals surface area contributed by atoms with Crippen molar-refractivity contribution in [1.29, 1.82) is 0 Å². The minimum absolute atomic E-state index is 0.00413. The van der Waals surface area contributed by atoms with Gasteiger partial charge in [-0.2, -0.15) is 0 Å². The second-order valence-corrected chi connectivity index (χ2v) is 8.30. The normalized spacial score (nSPS) is 15.0. The Kier molecular flexibility index (Phi) is 5.53. The van der Waals surface area contributed by atoms with Crippen LogP contribution in [0.5, 0.6) is 0 Å². The Morgan fingerprint density at radius 1 is 1.10 bits per heavy atom. The number of thiocarbonyl (C=S) groups is 1. The number of amides is 1. The van der Waals surface area contributed by atoms with Crippen LogP contribution >= 0.6 is 24.0 Å². The molecule has 4 rings (SSSR count). The molecule has 1 saturated heterocycles. The predicted molar refractivity (Wildman–Crippen MR) is 123 cm³/mol. The van der Waals surface area contributed by atoms with Gasteiger partial charge < -0.3 is 4.42 Å². The van der Waals surface area contributed by atoms with Gasteiger partial charge in [0.1, 0.15) is 11.5 Å². The number of thioether (sulfide) groups is 1. The summed E-state index contributed by atoms with van der Waals surface area (Å²) in [5, 5.41) is 10.8. The number of nitrogens with zero attached hydrogens (tertiary/aromatic N) is 2. The number of rotatable bonds is 5. The number of nitro benzene ring substituents is 1. The summed E-state index contributed by atoms with van der Waals surface area (Å²) >= 11 is 6.53. The largest absolute Gasteiger partial charge is 0.457 e. The van der Waals surface area contributed by atoms with Gasteiger partial charge in [0.15, 0.2) is 10.1 Å². The fourth-order valence-electron chi connectivity index (χ4n) is 3.00. The molecule has 0 aliphatic carbocycles. The van der Waals surface area contributed by atoms with Crippen molar-refractivity contribution in [3.63, 3.8) is 0 Å². The van der Waals surface area contributed by atoms with E-state index in [9.17, 15) is 19.7 Å². The van der Waals surface area contributed by atoms with Crippen molar-refractivity contribution in [3.05, 3.63) is 87.0 Å². The van der Waals surface area contributed by atoms with Crippen LogP contribution in [0.2, 0.25) is 0 Å². The molecule has 0 unspecified atom stereocenters. The molecule has 1 fully saturated rings. The quantitative estimate of drug-likeness (QED) is 0.167. The summed E-state index contributed by atoms with van der Waals surface area (Å²) in [7, 11) is 0. The Bertz CT molecular complexity index is 1240. The van der Waals surface area contributed by atoms with Gasteiger partial charge in [-0.05, 0) is 55.5 Å². The van der Waals surface area contributed by atoms with E-state index >= 15 is 0 Å². The molecule has 1 amide bonds. The van der Waals surface area contributed by atoms with Gasteiger partial charge in [0, 0.05) is 29.3 Å². The molecule has 1 aliphatic heterocycles. The number of carbonyl (C=O) groups excluding carboxylic acids is 2. The van der Waals surface area contributed by atoms with Crippen molar-refractivity contribution in [2.45, 2.75) is 6.92 Å². The van der Waals surface area contributed by atoms with E-state index in [4.69, 9.17) is 16.6 Å². The van der Waals surface area contributed by atoms with Gasteiger partial charge in [0.05, 0.1) is 15.5 Å². The monoisotopic (exact) mass is 450 g/mol. The first kappa shape index (κ1) is 20.7. The topological polar surface area (TPSA) is 93.7 Å². The van der Waals surface area contributed by atoms with Crippen LogP contribution in [0.25, 0.3) is 17.4 Å². The van der Waals surface area contributed by atoms with Gasteiger partial charge in [-0.25, -0.2) is 0 Å². The minimum atomic E-state index is -0.465. The molecule has 2 aromatic carbocycles. The van der Waals surface area contributed by atoms with Gasteiger partial charge in [0.25, 0.3) is 11.6 Å². The van der Waals surface area contributed by atoms with E-state index in [1.807, 2.05) is 0 Å². The lowest BCUT2D eigenvalue weighted by atomic mass is 10.1. The molecule has 0 N–H and O–H groups in total. The number of non-ortho nitro benzene ring substituents is 1. The number of Topliss-reactive ketones (excluding diaryl/α,β-unsaturated/α-hetero) is 1. The molecule has 0 radical (unpaired) electrons. The highest BCUT2D eigenvalue weighted by Gasteiger charge is 2.33. The van der Waals surface area contributed by atoms with E-state index in [0.717, 1.165) is 11.8 Å². The Labute approximate surface area is 186 Å². The van der Waals surface area contributed by atoms with Crippen molar-refractivity contribution in [2.24, 2.45) is 0 Å². The molecule has 154 valence electrons. The Balaban J connectivity index is 1.56. The second kappa shape index (κ2) is 8.29. The Morgan fingerprint density at radius 2 is 1.77 bits per heavy atom. The molecule has 0 saturated carbocycles. The maximum atomic E-state index is 12.9. The van der Waals surface area contributed by atoms with E-state index < -0.39 is 4.92 Å². The van der Waals surface area contributed by atoms with Crippen molar-refractivity contribution in [1.82, 2.24) is 0 Å². The van der Waals surface area contributed by atoms with Gasteiger partial charge in [0.2, 0.25) is 0 Å². The summed E-state index contributed by atoms with van der Waals surface area (Å²) in [6.07, 6.45) is 1.61. The van der Waals surface area contributed by atoms with E-state index in [0.29, 0.717) is 37.6 Å². The molecule has 7 nitrogen and oxygen atoms in total. The third-order valence-electron chi connectivity index (χ3n) is 4.59. The molecule has 1 aromatic heterocycles. The summed E-state index contributed by atoms with van der Waals surface area (Å²) in [6.45, 7) is 1.48. The molecule has 0 bridgehead atoms. The second-order valence-electron chi connectivity index (χ2n) is 6.63. The molecule has 2 heterocycles. The van der Waals surface area contributed by atoms with Gasteiger partial charge >= 0.3 is 0 Å². The van der Waals surface area contributed by atoms with Crippen LogP contribution in [0.15, 0.2) is 70.0 Å². The molecular formula is C22H14N2O5S2. The minimum Gasteiger partial charge on any atom is -0.457 e. The van der Waals surface area contributed by atoms with Gasteiger partial charge in [-0.1, -0.05) is 24.0 Å². The number of hydrogen-bond acceptors (Lipinski definition) is 7. The molecule has 1 aliphatic rings. The summed E-state index contributed by atoms with van der Waals surface area (Å²) in [5.74, 6) is 0.648. The fourth-order valence-corrected chi connectivity index (χ4v) is 4.28. The Hall–Kier alpha value is -3.56. The molecular weight excluding hydrogens is 436 g/mol. The number of furan rings is 1. The lowest BCUT2D eigenvalue weighted by Crippen LogP contribution is -2.27. The first-order chi connectivity index (χ1) is 14.8. The van der Waals surface area contributed by atoms with Gasteiger partial charge in [-0.15, -0.1) is 0 Å².